The van der Waals surface area contributed by atoms with Crippen LogP contribution in [0.3, 0.4) is 0 Å². The van der Waals surface area contributed by atoms with Crippen LogP contribution in [0, 0.1) is 0 Å². The number of rotatable bonds is 2. The molecular formula is C18H16F3NO. The molecule has 0 saturated carbocycles. The highest BCUT2D eigenvalue weighted by Crippen LogP contribution is 2.30. The molecule has 23 heavy (non-hydrogen) atoms. The maximum Gasteiger partial charge on any atom is 0.416 e. The van der Waals surface area contributed by atoms with E-state index < -0.39 is 11.7 Å². The van der Waals surface area contributed by atoms with Crippen LogP contribution in [0.25, 0.3) is 0 Å². The zero-order chi connectivity index (χ0) is 16.4. The minimum atomic E-state index is -4.35. The van der Waals surface area contributed by atoms with E-state index in [9.17, 15) is 18.0 Å². The number of nitrogens with zero attached hydrogens (tertiary/aromatic N) is 1. The number of carbonyl (C=O) groups excluding carboxylic acids is 1. The minimum absolute atomic E-state index is 0.0862. The number of para-hydroxylation sites is 1. The molecule has 0 aromatic heterocycles. The first kappa shape index (κ1) is 15.6. The summed E-state index contributed by atoms with van der Waals surface area (Å²) in [6.45, 7) is 0.649. The van der Waals surface area contributed by atoms with Crippen LogP contribution in [0.5, 0.6) is 0 Å². The summed E-state index contributed by atoms with van der Waals surface area (Å²) in [5.74, 6) is -0.0862. The Kier molecular flexibility index (Phi) is 4.11. The van der Waals surface area contributed by atoms with Crippen LogP contribution in [-0.2, 0) is 23.8 Å². The van der Waals surface area contributed by atoms with Gasteiger partial charge in [0.15, 0.2) is 0 Å². The lowest BCUT2D eigenvalue weighted by atomic mass is 10.0. The molecule has 0 bridgehead atoms. The fourth-order valence-corrected chi connectivity index (χ4v) is 2.87. The number of hydrogen-bond acceptors (Lipinski definition) is 1. The van der Waals surface area contributed by atoms with Gasteiger partial charge in [-0.2, -0.15) is 13.2 Å². The third kappa shape index (κ3) is 3.38. The zero-order valence-electron chi connectivity index (χ0n) is 12.4. The molecule has 2 aromatic carbocycles. The van der Waals surface area contributed by atoms with Crippen molar-refractivity contribution in [1.29, 1.82) is 0 Å². The van der Waals surface area contributed by atoms with Gasteiger partial charge in [-0.25, -0.2) is 0 Å². The van der Waals surface area contributed by atoms with Crippen molar-refractivity contribution < 1.29 is 18.0 Å². The average molecular weight is 319 g/mol. The first-order chi connectivity index (χ1) is 10.9. The number of halogens is 3. The second-order valence-electron chi connectivity index (χ2n) is 5.65. The maximum absolute atomic E-state index is 12.6. The summed E-state index contributed by atoms with van der Waals surface area (Å²) >= 11 is 0. The Hall–Kier alpha value is -2.30. The molecule has 1 amide bonds. The van der Waals surface area contributed by atoms with Gasteiger partial charge >= 0.3 is 6.18 Å². The maximum atomic E-state index is 12.6. The highest BCUT2D eigenvalue weighted by Gasteiger charge is 2.30. The van der Waals surface area contributed by atoms with Crippen molar-refractivity contribution in [3.63, 3.8) is 0 Å². The molecular weight excluding hydrogens is 303 g/mol. The Morgan fingerprint density at radius 2 is 1.74 bits per heavy atom. The molecule has 1 aliphatic heterocycles. The highest BCUT2D eigenvalue weighted by atomic mass is 19.4. The molecule has 0 spiro atoms. The van der Waals surface area contributed by atoms with Crippen molar-refractivity contribution in [3.05, 3.63) is 65.2 Å². The number of anilines is 1. The lowest BCUT2D eigenvalue weighted by Crippen LogP contribution is -2.36. The van der Waals surface area contributed by atoms with Crippen molar-refractivity contribution in [2.24, 2.45) is 0 Å². The van der Waals surface area contributed by atoms with Crippen LogP contribution >= 0.6 is 0 Å². The lowest BCUT2D eigenvalue weighted by Gasteiger charge is -2.29. The van der Waals surface area contributed by atoms with Gasteiger partial charge in [0.25, 0.3) is 0 Å². The largest absolute Gasteiger partial charge is 0.416 e. The summed E-state index contributed by atoms with van der Waals surface area (Å²) in [5.41, 5.74) is 1.94. The number of carbonyl (C=O) groups is 1. The van der Waals surface area contributed by atoms with Crippen LogP contribution in [0.4, 0.5) is 18.9 Å². The Labute approximate surface area is 132 Å². The fraction of sp³-hybridized carbons (Fsp3) is 0.278. The highest BCUT2D eigenvalue weighted by molar-refractivity contribution is 5.95. The van der Waals surface area contributed by atoms with Gasteiger partial charge < -0.3 is 4.90 Å². The van der Waals surface area contributed by atoms with E-state index in [1.165, 1.54) is 12.1 Å². The Morgan fingerprint density at radius 3 is 2.43 bits per heavy atom. The summed E-state index contributed by atoms with van der Waals surface area (Å²) in [7, 11) is 0. The van der Waals surface area contributed by atoms with Gasteiger partial charge in [0.2, 0.25) is 5.91 Å². The van der Waals surface area contributed by atoms with Crippen LogP contribution in [0.1, 0.15) is 23.1 Å². The molecule has 120 valence electrons. The predicted octanol–water partition coefficient (Wildman–Crippen LogP) is 4.23. The normalized spacial score (nSPS) is 14.5. The molecule has 3 rings (SSSR count). The number of amides is 1. The summed E-state index contributed by atoms with van der Waals surface area (Å²) in [6, 6.07) is 12.5. The summed E-state index contributed by atoms with van der Waals surface area (Å²) in [4.78, 5) is 14.2. The fourth-order valence-electron chi connectivity index (χ4n) is 2.87. The molecule has 1 heterocycles. The van der Waals surface area contributed by atoms with Crippen LogP contribution < -0.4 is 4.90 Å². The van der Waals surface area contributed by atoms with Crippen molar-refractivity contribution in [1.82, 2.24) is 0 Å². The van der Waals surface area contributed by atoms with E-state index >= 15 is 0 Å². The summed E-state index contributed by atoms with van der Waals surface area (Å²) in [5, 5.41) is 0. The zero-order valence-corrected chi connectivity index (χ0v) is 12.4. The van der Waals surface area contributed by atoms with E-state index in [2.05, 4.69) is 0 Å². The Balaban J connectivity index is 1.75. The van der Waals surface area contributed by atoms with Crippen LogP contribution in [-0.4, -0.2) is 12.5 Å². The standard InChI is InChI=1S/C18H16F3NO/c19-18(20,21)15-9-7-13(8-10-15)12-17(23)22-11-3-5-14-4-1-2-6-16(14)22/h1-2,4,6-10H,3,5,11-12H2. The van der Waals surface area contributed by atoms with Gasteiger partial charge in [0.05, 0.1) is 12.0 Å². The predicted molar refractivity (Wildman–Crippen MR) is 82.3 cm³/mol. The molecule has 0 fully saturated rings. The number of aryl methyl sites for hydroxylation is 1. The average Bonchev–Trinajstić information content (AvgIpc) is 2.54. The van der Waals surface area contributed by atoms with E-state index in [4.69, 9.17) is 0 Å². The smallest absolute Gasteiger partial charge is 0.312 e. The van der Waals surface area contributed by atoms with Crippen molar-refractivity contribution in [3.8, 4) is 0 Å². The van der Waals surface area contributed by atoms with E-state index in [1.54, 1.807) is 4.90 Å². The van der Waals surface area contributed by atoms with Gasteiger partial charge in [0.1, 0.15) is 0 Å². The first-order valence-corrected chi connectivity index (χ1v) is 7.49. The number of hydrogen-bond donors (Lipinski definition) is 0. The quantitative estimate of drug-likeness (QED) is 0.811. The molecule has 0 atom stereocenters. The Morgan fingerprint density at radius 1 is 1.04 bits per heavy atom. The molecule has 0 unspecified atom stereocenters. The van der Waals surface area contributed by atoms with E-state index in [0.717, 1.165) is 36.2 Å². The SMILES string of the molecule is O=C(Cc1ccc(C(F)(F)F)cc1)N1CCCc2ccccc21. The van der Waals surface area contributed by atoms with Gasteiger partial charge in [-0.1, -0.05) is 30.3 Å². The molecule has 0 saturated heterocycles. The second-order valence-corrected chi connectivity index (χ2v) is 5.65. The number of benzene rings is 2. The van der Waals surface area contributed by atoms with Crippen molar-refractivity contribution in [2.75, 3.05) is 11.4 Å². The molecule has 2 nitrogen and oxygen atoms in total. The molecule has 2 aromatic rings. The van der Waals surface area contributed by atoms with Crippen LogP contribution in [0.2, 0.25) is 0 Å². The number of alkyl halides is 3. The molecule has 1 aliphatic rings. The molecule has 0 N–H and O–H groups in total. The van der Waals surface area contributed by atoms with Crippen LogP contribution in [0.15, 0.2) is 48.5 Å². The van der Waals surface area contributed by atoms with Gasteiger partial charge in [0, 0.05) is 12.2 Å². The minimum Gasteiger partial charge on any atom is -0.312 e. The first-order valence-electron chi connectivity index (χ1n) is 7.49. The summed E-state index contributed by atoms with van der Waals surface area (Å²) < 4.78 is 37.7. The number of fused-ring (bicyclic) bond motifs is 1. The third-order valence-electron chi connectivity index (χ3n) is 4.05. The third-order valence-corrected chi connectivity index (χ3v) is 4.05. The molecule has 0 aliphatic carbocycles. The molecule has 5 heteroatoms. The lowest BCUT2D eigenvalue weighted by molar-refractivity contribution is -0.137. The van der Waals surface area contributed by atoms with E-state index in [0.29, 0.717) is 12.1 Å². The van der Waals surface area contributed by atoms with Gasteiger partial charge in [-0.05, 0) is 42.2 Å². The van der Waals surface area contributed by atoms with Crippen molar-refractivity contribution >= 4 is 11.6 Å². The monoisotopic (exact) mass is 319 g/mol. The van der Waals surface area contributed by atoms with E-state index in [-0.39, 0.29) is 12.3 Å². The topological polar surface area (TPSA) is 20.3 Å². The van der Waals surface area contributed by atoms with Gasteiger partial charge in [-0.15, -0.1) is 0 Å². The molecule has 0 radical (unpaired) electrons. The summed E-state index contributed by atoms with van der Waals surface area (Å²) in [6.07, 6.45) is -2.41. The Bertz CT molecular complexity index is 707. The van der Waals surface area contributed by atoms with E-state index in [1.807, 2.05) is 24.3 Å². The van der Waals surface area contributed by atoms with Gasteiger partial charge in [-0.3, -0.25) is 4.79 Å². The van der Waals surface area contributed by atoms with Crippen molar-refractivity contribution in [2.45, 2.75) is 25.4 Å². The second kappa shape index (κ2) is 6.07.